The first-order valence-corrected chi connectivity index (χ1v) is 16.8. The van der Waals surface area contributed by atoms with Crippen LogP contribution >= 0.6 is 11.8 Å². The van der Waals surface area contributed by atoms with Crippen LogP contribution in [0, 0.1) is 10.8 Å². The fourth-order valence-electron chi connectivity index (χ4n) is 3.84. The smallest absolute Gasteiger partial charge is 0.0410 e. The lowest BCUT2D eigenvalue weighted by molar-refractivity contribution is 0.244. The third kappa shape index (κ3) is 26.9. The Morgan fingerprint density at radius 2 is 1.41 bits per heavy atom. The number of rotatable bonds is 9. The molecule has 41 heavy (non-hydrogen) atoms. The fraction of sp³-hybridized carbons (Fsp3) is 0.641. The van der Waals surface area contributed by atoms with Gasteiger partial charge in [0.15, 0.2) is 0 Å². The highest BCUT2D eigenvalue weighted by molar-refractivity contribution is 8.03. The van der Waals surface area contributed by atoms with Crippen molar-refractivity contribution in [3.8, 4) is 0 Å². The highest BCUT2D eigenvalue weighted by atomic mass is 32.2. The molecule has 0 heterocycles. The van der Waals surface area contributed by atoms with E-state index in [1.165, 1.54) is 60.3 Å². The zero-order valence-corrected chi connectivity index (χ0v) is 31.3. The minimum Gasteiger partial charge on any atom is -0.383 e. The Balaban J connectivity index is -0.000000268. The van der Waals surface area contributed by atoms with Gasteiger partial charge in [0.1, 0.15) is 0 Å². The van der Waals surface area contributed by atoms with Gasteiger partial charge in [0, 0.05) is 21.9 Å². The maximum Gasteiger partial charge on any atom is 0.0410 e. The molecule has 1 aliphatic rings. The average Bonchev–Trinajstić information content (AvgIpc) is 2.93. The third-order valence-electron chi connectivity index (χ3n) is 6.96. The van der Waals surface area contributed by atoms with Gasteiger partial charge < -0.3 is 5.32 Å². The van der Waals surface area contributed by atoms with Crippen molar-refractivity contribution in [1.29, 1.82) is 0 Å². The SMILES string of the molecule is C=C.C=C(/C=C\C(C)=C(C)C)/C(=C/C)SC(CC)C(C)(C)C.C=CC(C)N/C(C)=C/C.CC.CC1(C)CCCCC1. The van der Waals surface area contributed by atoms with Crippen LogP contribution < -0.4 is 5.32 Å². The molecule has 2 atom stereocenters. The lowest BCUT2D eigenvalue weighted by atomic mass is 9.78. The van der Waals surface area contributed by atoms with E-state index in [0.717, 1.165) is 5.57 Å². The Labute approximate surface area is 264 Å². The summed E-state index contributed by atoms with van der Waals surface area (Å²) in [4.78, 5) is 1.30. The Kier molecular flexibility index (Phi) is 30.7. The minimum atomic E-state index is 0.313. The third-order valence-corrected chi connectivity index (χ3v) is 9.03. The molecule has 1 nitrogen and oxygen atoms in total. The number of hydrogen-bond donors (Lipinski definition) is 1. The Hall–Kier alpha value is -1.67. The summed E-state index contributed by atoms with van der Waals surface area (Å²) in [6, 6.07) is 0.376. The summed E-state index contributed by atoms with van der Waals surface area (Å²) >= 11 is 1.96. The molecule has 2 unspecified atom stereocenters. The predicted octanol–water partition coefficient (Wildman–Crippen LogP) is 13.8. The van der Waals surface area contributed by atoms with Gasteiger partial charge in [0.05, 0.1) is 0 Å². The lowest BCUT2D eigenvalue weighted by Crippen LogP contribution is -2.22. The summed E-state index contributed by atoms with van der Waals surface area (Å²) in [5.41, 5.74) is 5.97. The molecule has 0 aliphatic heterocycles. The van der Waals surface area contributed by atoms with Gasteiger partial charge in [0.2, 0.25) is 0 Å². The van der Waals surface area contributed by atoms with Gasteiger partial charge >= 0.3 is 0 Å². The van der Waals surface area contributed by atoms with Crippen LogP contribution in [-0.2, 0) is 0 Å². The molecule has 0 amide bonds. The highest BCUT2D eigenvalue weighted by Crippen LogP contribution is 2.39. The monoisotopic (exact) mass is 588 g/mol. The van der Waals surface area contributed by atoms with Gasteiger partial charge in [0.25, 0.3) is 0 Å². The van der Waals surface area contributed by atoms with Gasteiger partial charge in [-0.2, -0.15) is 0 Å². The molecule has 1 fully saturated rings. The van der Waals surface area contributed by atoms with Crippen molar-refractivity contribution in [2.24, 2.45) is 10.8 Å². The highest BCUT2D eigenvalue weighted by Gasteiger charge is 2.24. The van der Waals surface area contributed by atoms with Crippen LogP contribution in [0.1, 0.15) is 142 Å². The zero-order valence-electron chi connectivity index (χ0n) is 30.5. The molecule has 0 bridgehead atoms. The normalized spacial score (nSPS) is 16.0. The second-order valence-electron chi connectivity index (χ2n) is 12.4. The average molecular weight is 588 g/mol. The Bertz CT molecular complexity index is 786. The van der Waals surface area contributed by atoms with E-state index >= 15 is 0 Å². The van der Waals surface area contributed by atoms with E-state index in [1.54, 1.807) is 0 Å². The van der Waals surface area contributed by atoms with E-state index in [0.29, 0.717) is 22.1 Å². The van der Waals surface area contributed by atoms with E-state index in [4.69, 9.17) is 0 Å². The van der Waals surface area contributed by atoms with Gasteiger partial charge in [-0.05, 0) is 84.1 Å². The Morgan fingerprint density at radius 3 is 1.71 bits per heavy atom. The molecule has 0 aromatic carbocycles. The maximum absolute atomic E-state index is 4.23. The molecule has 0 aromatic heterocycles. The van der Waals surface area contributed by atoms with E-state index in [-0.39, 0.29) is 0 Å². The first kappa shape index (κ1) is 46.3. The van der Waals surface area contributed by atoms with E-state index in [2.05, 4.69) is 126 Å². The van der Waals surface area contributed by atoms with Crippen molar-refractivity contribution in [2.75, 3.05) is 0 Å². The van der Waals surface area contributed by atoms with Crippen molar-refractivity contribution >= 4 is 11.8 Å². The summed E-state index contributed by atoms with van der Waals surface area (Å²) in [5, 5.41) is 3.84. The largest absolute Gasteiger partial charge is 0.383 e. The summed E-state index contributed by atoms with van der Waals surface area (Å²) in [7, 11) is 0. The molecule has 240 valence electrons. The van der Waals surface area contributed by atoms with E-state index in [9.17, 15) is 0 Å². The summed E-state index contributed by atoms with van der Waals surface area (Å²) < 4.78 is 0. The number of allylic oxidation sites excluding steroid dienone is 8. The molecule has 1 N–H and O–H groups in total. The lowest BCUT2D eigenvalue weighted by Gasteiger charge is -2.30. The van der Waals surface area contributed by atoms with Crippen molar-refractivity contribution in [3.63, 3.8) is 0 Å². The number of thioether (sulfide) groups is 1. The van der Waals surface area contributed by atoms with Crippen LogP contribution in [0.3, 0.4) is 0 Å². The van der Waals surface area contributed by atoms with Crippen molar-refractivity contribution in [2.45, 2.75) is 154 Å². The van der Waals surface area contributed by atoms with Gasteiger partial charge in [-0.3, -0.25) is 0 Å². The van der Waals surface area contributed by atoms with Crippen LogP contribution in [0.2, 0.25) is 0 Å². The van der Waals surface area contributed by atoms with Crippen molar-refractivity contribution in [3.05, 3.63) is 84.0 Å². The molecule has 0 radical (unpaired) electrons. The van der Waals surface area contributed by atoms with Crippen LogP contribution in [0.25, 0.3) is 0 Å². The minimum absolute atomic E-state index is 0.313. The van der Waals surface area contributed by atoms with Gasteiger partial charge in [-0.25, -0.2) is 0 Å². The van der Waals surface area contributed by atoms with Crippen molar-refractivity contribution in [1.82, 2.24) is 5.32 Å². The molecular weight excluding hydrogens is 515 g/mol. The van der Waals surface area contributed by atoms with Gasteiger partial charge in [-0.15, -0.1) is 31.5 Å². The molecule has 1 aliphatic carbocycles. The predicted molar refractivity (Wildman–Crippen MR) is 199 cm³/mol. The van der Waals surface area contributed by atoms with Crippen molar-refractivity contribution < 1.29 is 0 Å². The Morgan fingerprint density at radius 1 is 0.927 bits per heavy atom. The first-order chi connectivity index (χ1) is 19.0. The van der Waals surface area contributed by atoms with E-state index in [1.807, 2.05) is 51.6 Å². The standard InChI is InChI=1S/C19H32S.C8H15N.C8H16.C2H6.C2H4/c1-10-17(20-18(11-2)19(7,8)9)16(6)13-12-15(5)14(3)4;1-5-7(3)9-8(4)6-2;1-8(2)6-4-3-5-7-8;2*1-2/h10,12-13,18H,6,11H2,1-5,7-9H3;5-7,9H,1H2,2-4H3;3-7H2,1-2H3;1-2H3;1-2H2/b13-12-,17-10-;8-6+;;;. The second kappa shape index (κ2) is 27.2. The topological polar surface area (TPSA) is 12.0 Å². The molecule has 0 aromatic rings. The summed E-state index contributed by atoms with van der Waals surface area (Å²) in [6.07, 6.45) is 18.9. The zero-order chi connectivity index (χ0) is 33.2. The summed E-state index contributed by atoms with van der Waals surface area (Å²) in [6.45, 7) is 46.5. The fourth-order valence-corrected chi connectivity index (χ4v) is 5.02. The number of hydrogen-bond acceptors (Lipinski definition) is 2. The maximum atomic E-state index is 4.23. The van der Waals surface area contributed by atoms with Gasteiger partial charge in [-0.1, -0.05) is 123 Å². The van der Waals surface area contributed by atoms with Crippen LogP contribution in [0.4, 0.5) is 0 Å². The summed E-state index contributed by atoms with van der Waals surface area (Å²) in [5.74, 6) is 0. The molecule has 0 saturated heterocycles. The first-order valence-electron chi connectivity index (χ1n) is 15.9. The van der Waals surface area contributed by atoms with E-state index < -0.39 is 0 Å². The molecule has 1 rings (SSSR count). The second-order valence-corrected chi connectivity index (χ2v) is 13.7. The number of nitrogens with one attached hydrogen (secondary N) is 1. The van der Waals surface area contributed by atoms with Crippen LogP contribution in [-0.4, -0.2) is 11.3 Å². The molecule has 0 spiro atoms. The van der Waals surface area contributed by atoms with Crippen LogP contribution in [0.5, 0.6) is 0 Å². The molecule has 2 heteroatoms. The quantitative estimate of drug-likeness (QED) is 0.213. The van der Waals surface area contributed by atoms with Crippen LogP contribution in [0.15, 0.2) is 84.0 Å². The molecular formula is C39H73NS. The molecule has 1 saturated carbocycles.